The predicted octanol–water partition coefficient (Wildman–Crippen LogP) is 4.91. The first-order valence-electron chi connectivity index (χ1n) is 9.91. The average molecular weight is 393 g/mol. The number of carbonyl (C=O) groups excluding carboxylic acids is 2. The van der Waals surface area contributed by atoms with Gasteiger partial charge in [0.2, 0.25) is 5.91 Å². The first kappa shape index (κ1) is 18.8. The lowest BCUT2D eigenvalue weighted by Gasteiger charge is -2.33. The Hall–Kier alpha value is -2.53. The van der Waals surface area contributed by atoms with Crippen molar-refractivity contribution < 1.29 is 9.59 Å². The zero-order valence-electron chi connectivity index (χ0n) is 16.0. The molecule has 2 aromatic carbocycles. The molecule has 0 N–H and O–H groups in total. The van der Waals surface area contributed by atoms with E-state index in [2.05, 4.69) is 11.9 Å². The standard InChI is InChI=1S/C23H24N2O2S/c1-2-18(16-8-4-3-5-9-16)23(27)25-14-12-17(13-15-25)21(26)22-24-19-10-6-7-11-20(19)28-22/h3-11,17-18H,2,12-15H2,1H3/t18-/m1/s1. The number of carbonyl (C=O) groups is 2. The lowest BCUT2D eigenvalue weighted by molar-refractivity contribution is -0.134. The molecular weight excluding hydrogens is 368 g/mol. The fourth-order valence-electron chi connectivity index (χ4n) is 3.97. The number of thiazole rings is 1. The van der Waals surface area contributed by atoms with Crippen molar-refractivity contribution in [1.82, 2.24) is 9.88 Å². The molecule has 0 unspecified atom stereocenters. The lowest BCUT2D eigenvalue weighted by Crippen LogP contribution is -2.42. The summed E-state index contributed by atoms with van der Waals surface area (Å²) in [5, 5.41) is 0.599. The van der Waals surface area contributed by atoms with Gasteiger partial charge in [0.25, 0.3) is 0 Å². The van der Waals surface area contributed by atoms with Crippen LogP contribution in [-0.2, 0) is 4.79 Å². The highest BCUT2D eigenvalue weighted by molar-refractivity contribution is 7.20. The molecule has 2 heterocycles. The number of fused-ring (bicyclic) bond motifs is 1. The van der Waals surface area contributed by atoms with Crippen molar-refractivity contribution in [3.05, 3.63) is 65.2 Å². The van der Waals surface area contributed by atoms with E-state index in [1.807, 2.05) is 59.5 Å². The van der Waals surface area contributed by atoms with Crippen molar-refractivity contribution in [2.45, 2.75) is 32.1 Å². The van der Waals surface area contributed by atoms with Gasteiger partial charge in [-0.3, -0.25) is 9.59 Å². The van der Waals surface area contributed by atoms with Crippen LogP contribution in [0.4, 0.5) is 0 Å². The highest BCUT2D eigenvalue weighted by Gasteiger charge is 2.32. The van der Waals surface area contributed by atoms with Gasteiger partial charge in [0.15, 0.2) is 10.8 Å². The van der Waals surface area contributed by atoms with Gasteiger partial charge < -0.3 is 4.90 Å². The Morgan fingerprint density at radius 2 is 1.75 bits per heavy atom. The molecule has 0 aliphatic carbocycles. The van der Waals surface area contributed by atoms with Crippen LogP contribution < -0.4 is 0 Å². The van der Waals surface area contributed by atoms with Crippen LogP contribution >= 0.6 is 11.3 Å². The summed E-state index contributed by atoms with van der Waals surface area (Å²) in [5.41, 5.74) is 1.96. The number of aromatic nitrogens is 1. The molecule has 0 bridgehead atoms. The number of hydrogen-bond acceptors (Lipinski definition) is 4. The van der Waals surface area contributed by atoms with Crippen molar-refractivity contribution in [3.8, 4) is 0 Å². The minimum atomic E-state index is -0.0993. The zero-order valence-corrected chi connectivity index (χ0v) is 16.8. The van der Waals surface area contributed by atoms with Crippen LogP contribution in [0, 0.1) is 5.92 Å². The van der Waals surface area contributed by atoms with Crippen molar-refractivity contribution in [3.63, 3.8) is 0 Å². The fraction of sp³-hybridized carbons (Fsp3) is 0.348. The monoisotopic (exact) mass is 392 g/mol. The second-order valence-electron chi connectivity index (χ2n) is 7.32. The molecule has 3 aromatic rings. The average Bonchev–Trinajstić information content (AvgIpc) is 3.19. The lowest BCUT2D eigenvalue weighted by atomic mass is 9.90. The van der Waals surface area contributed by atoms with E-state index in [4.69, 9.17) is 0 Å². The zero-order chi connectivity index (χ0) is 19.5. The van der Waals surface area contributed by atoms with E-state index in [1.54, 1.807) is 0 Å². The summed E-state index contributed by atoms with van der Waals surface area (Å²) >= 11 is 1.47. The van der Waals surface area contributed by atoms with E-state index in [-0.39, 0.29) is 23.5 Å². The second kappa shape index (κ2) is 8.23. The number of benzene rings is 2. The maximum atomic E-state index is 13.0. The third-order valence-electron chi connectivity index (χ3n) is 5.59. The van der Waals surface area contributed by atoms with Gasteiger partial charge >= 0.3 is 0 Å². The number of hydrogen-bond donors (Lipinski definition) is 0. The molecule has 4 nitrogen and oxygen atoms in total. The minimum absolute atomic E-state index is 0.0404. The number of amides is 1. The molecular formula is C23H24N2O2S. The molecule has 1 amide bonds. The van der Waals surface area contributed by atoms with E-state index < -0.39 is 0 Å². The van der Waals surface area contributed by atoms with Crippen molar-refractivity contribution >= 4 is 33.2 Å². The molecule has 1 aromatic heterocycles. The summed E-state index contributed by atoms with van der Waals surface area (Å²) in [7, 11) is 0. The third kappa shape index (κ3) is 3.72. The number of nitrogens with zero attached hydrogens (tertiary/aromatic N) is 2. The highest BCUT2D eigenvalue weighted by Crippen LogP contribution is 2.29. The highest BCUT2D eigenvalue weighted by atomic mass is 32.1. The van der Waals surface area contributed by atoms with Crippen molar-refractivity contribution in [2.75, 3.05) is 13.1 Å². The number of rotatable bonds is 5. The summed E-state index contributed by atoms with van der Waals surface area (Å²) < 4.78 is 1.05. The third-order valence-corrected chi connectivity index (χ3v) is 6.64. The largest absolute Gasteiger partial charge is 0.342 e. The van der Waals surface area contributed by atoms with Gasteiger partial charge in [-0.05, 0) is 37.0 Å². The minimum Gasteiger partial charge on any atom is -0.342 e. The summed E-state index contributed by atoms with van der Waals surface area (Å²) in [5.74, 6) is 0.169. The number of piperidine rings is 1. The van der Waals surface area contributed by atoms with Gasteiger partial charge in [-0.1, -0.05) is 49.4 Å². The molecule has 0 radical (unpaired) electrons. The first-order valence-corrected chi connectivity index (χ1v) is 10.7. The first-order chi connectivity index (χ1) is 13.7. The van der Waals surface area contributed by atoms with Gasteiger partial charge in [-0.15, -0.1) is 11.3 Å². The van der Waals surface area contributed by atoms with Gasteiger partial charge in [0, 0.05) is 19.0 Å². The maximum Gasteiger partial charge on any atom is 0.230 e. The Labute approximate surface area is 169 Å². The van der Waals surface area contributed by atoms with Crippen LogP contribution in [0.1, 0.15) is 47.5 Å². The van der Waals surface area contributed by atoms with Crippen molar-refractivity contribution in [2.24, 2.45) is 5.92 Å². The Morgan fingerprint density at radius 1 is 1.07 bits per heavy atom. The number of Topliss-reactive ketones (excluding diaryl/α,β-unsaturated/α-hetero) is 1. The molecule has 1 aliphatic rings. The predicted molar refractivity (Wildman–Crippen MR) is 113 cm³/mol. The van der Waals surface area contributed by atoms with Gasteiger partial charge in [0.05, 0.1) is 16.1 Å². The van der Waals surface area contributed by atoms with E-state index in [0.29, 0.717) is 30.9 Å². The van der Waals surface area contributed by atoms with E-state index in [0.717, 1.165) is 22.2 Å². The summed E-state index contributed by atoms with van der Waals surface area (Å²) in [6, 6.07) is 17.8. The summed E-state index contributed by atoms with van der Waals surface area (Å²) in [6.07, 6.45) is 2.21. The normalized spacial score (nSPS) is 16.2. The number of ketones is 1. The molecule has 144 valence electrons. The quantitative estimate of drug-likeness (QED) is 0.580. The summed E-state index contributed by atoms with van der Waals surface area (Å²) in [6.45, 7) is 3.34. The molecule has 5 heteroatoms. The fourth-order valence-corrected chi connectivity index (χ4v) is 4.96. The molecule has 4 rings (SSSR count). The van der Waals surface area contributed by atoms with Gasteiger partial charge in [0.1, 0.15) is 0 Å². The molecule has 0 spiro atoms. The molecule has 1 saturated heterocycles. The SMILES string of the molecule is CC[C@@H](C(=O)N1CCC(C(=O)c2nc3ccccc3s2)CC1)c1ccccc1. The van der Waals surface area contributed by atoms with Crippen LogP contribution in [0.3, 0.4) is 0 Å². The smallest absolute Gasteiger partial charge is 0.230 e. The Kier molecular flexibility index (Phi) is 5.53. The Bertz CT molecular complexity index is 941. The molecule has 1 fully saturated rings. The van der Waals surface area contributed by atoms with Crippen LogP contribution in [0.25, 0.3) is 10.2 Å². The van der Waals surface area contributed by atoms with Crippen LogP contribution in [-0.4, -0.2) is 34.7 Å². The molecule has 1 atom stereocenters. The Morgan fingerprint density at radius 3 is 2.43 bits per heavy atom. The van der Waals surface area contributed by atoms with E-state index in [9.17, 15) is 9.59 Å². The van der Waals surface area contributed by atoms with E-state index >= 15 is 0 Å². The van der Waals surface area contributed by atoms with E-state index in [1.165, 1.54) is 11.3 Å². The van der Waals surface area contributed by atoms with Gasteiger partial charge in [-0.2, -0.15) is 0 Å². The topological polar surface area (TPSA) is 50.3 Å². The van der Waals surface area contributed by atoms with Crippen LogP contribution in [0.5, 0.6) is 0 Å². The van der Waals surface area contributed by atoms with Crippen LogP contribution in [0.15, 0.2) is 54.6 Å². The number of likely N-dealkylation sites (tertiary alicyclic amines) is 1. The molecule has 28 heavy (non-hydrogen) atoms. The number of para-hydroxylation sites is 1. The maximum absolute atomic E-state index is 13.0. The molecule has 1 aliphatic heterocycles. The van der Waals surface area contributed by atoms with Crippen molar-refractivity contribution in [1.29, 1.82) is 0 Å². The second-order valence-corrected chi connectivity index (χ2v) is 8.35. The summed E-state index contributed by atoms with van der Waals surface area (Å²) in [4.78, 5) is 32.4. The Balaban J connectivity index is 1.41. The van der Waals surface area contributed by atoms with Gasteiger partial charge in [-0.25, -0.2) is 4.98 Å². The molecule has 0 saturated carbocycles. The van der Waals surface area contributed by atoms with Crippen LogP contribution in [0.2, 0.25) is 0 Å².